The van der Waals surface area contributed by atoms with Gasteiger partial charge in [-0.05, 0) is 80.1 Å². The molecule has 0 bridgehead atoms. The third kappa shape index (κ3) is 6.30. The van der Waals surface area contributed by atoms with Crippen molar-refractivity contribution in [1.29, 1.82) is 0 Å². The number of ether oxygens (including phenoxy) is 2. The Morgan fingerprint density at radius 2 is 1.56 bits per heavy atom. The highest BCUT2D eigenvalue weighted by molar-refractivity contribution is 9.10. The van der Waals surface area contributed by atoms with Crippen LogP contribution >= 0.6 is 15.9 Å². The Morgan fingerprint density at radius 1 is 0.971 bits per heavy atom. The Morgan fingerprint density at radius 3 is 2.12 bits per heavy atom. The Labute approximate surface area is 208 Å². The normalized spacial score (nSPS) is 12.0. The van der Waals surface area contributed by atoms with Crippen molar-refractivity contribution in [3.8, 4) is 11.5 Å². The molecule has 1 atom stereocenters. The molecule has 3 aromatic rings. The molecule has 0 aliphatic rings. The van der Waals surface area contributed by atoms with E-state index in [0.29, 0.717) is 23.8 Å². The van der Waals surface area contributed by atoms with Crippen molar-refractivity contribution in [3.63, 3.8) is 0 Å². The fraction of sp³-hybridized carbons (Fsp3) is 0.240. The summed E-state index contributed by atoms with van der Waals surface area (Å²) in [6.07, 6.45) is 0. The van der Waals surface area contributed by atoms with Crippen LogP contribution in [0, 0.1) is 0 Å². The second kappa shape index (κ2) is 11.4. The lowest BCUT2D eigenvalue weighted by Crippen LogP contribution is -2.41. The minimum atomic E-state index is -4.01. The summed E-state index contributed by atoms with van der Waals surface area (Å²) in [6, 6.07) is 19.9. The van der Waals surface area contributed by atoms with Crippen molar-refractivity contribution in [2.75, 3.05) is 24.6 Å². The van der Waals surface area contributed by atoms with Gasteiger partial charge in [0.2, 0.25) is 5.91 Å². The second-order valence-electron chi connectivity index (χ2n) is 7.45. The maximum atomic E-state index is 13.5. The minimum Gasteiger partial charge on any atom is -0.497 e. The molecule has 0 fully saturated rings. The van der Waals surface area contributed by atoms with Crippen molar-refractivity contribution >= 4 is 37.5 Å². The first-order chi connectivity index (χ1) is 16.2. The predicted molar refractivity (Wildman–Crippen MR) is 136 cm³/mol. The van der Waals surface area contributed by atoms with Crippen LogP contribution in [0.1, 0.15) is 25.5 Å². The third-order valence-corrected chi connectivity index (χ3v) is 7.43. The number of anilines is 1. The highest BCUT2D eigenvalue weighted by atomic mass is 79.9. The molecule has 9 heteroatoms. The standard InChI is InChI=1S/C25H27BrN2O5S/c1-4-33-23-13-9-21(10-14-23)28(34(30,31)24-15-7-20(26)8-16-24)17-25(29)27-18(2)19-5-11-22(32-3)12-6-19/h5-16,18H,4,17H2,1-3H3,(H,27,29). The smallest absolute Gasteiger partial charge is 0.264 e. The largest absolute Gasteiger partial charge is 0.497 e. The van der Waals surface area contributed by atoms with Gasteiger partial charge in [0, 0.05) is 4.47 Å². The highest BCUT2D eigenvalue weighted by Crippen LogP contribution is 2.27. The summed E-state index contributed by atoms with van der Waals surface area (Å²) in [6.45, 7) is 3.81. The zero-order valence-electron chi connectivity index (χ0n) is 19.2. The molecule has 0 saturated carbocycles. The molecule has 34 heavy (non-hydrogen) atoms. The van der Waals surface area contributed by atoms with Gasteiger partial charge in [0.1, 0.15) is 18.0 Å². The van der Waals surface area contributed by atoms with E-state index in [1.807, 2.05) is 38.1 Å². The van der Waals surface area contributed by atoms with E-state index in [1.54, 1.807) is 43.5 Å². The summed E-state index contributed by atoms with van der Waals surface area (Å²) in [5.74, 6) is 0.896. The SMILES string of the molecule is CCOc1ccc(N(CC(=O)NC(C)c2ccc(OC)cc2)S(=O)(=O)c2ccc(Br)cc2)cc1. The van der Waals surface area contributed by atoms with Gasteiger partial charge in [0.05, 0.1) is 30.3 Å². The van der Waals surface area contributed by atoms with Gasteiger partial charge in [0.15, 0.2) is 0 Å². The first-order valence-corrected chi connectivity index (χ1v) is 12.9. The van der Waals surface area contributed by atoms with Gasteiger partial charge in [0.25, 0.3) is 10.0 Å². The van der Waals surface area contributed by atoms with E-state index in [4.69, 9.17) is 9.47 Å². The Balaban J connectivity index is 1.86. The molecule has 180 valence electrons. The second-order valence-corrected chi connectivity index (χ2v) is 10.2. The van der Waals surface area contributed by atoms with Gasteiger partial charge >= 0.3 is 0 Å². The minimum absolute atomic E-state index is 0.0839. The van der Waals surface area contributed by atoms with E-state index in [0.717, 1.165) is 14.3 Å². The Bertz CT molecular complexity index is 1200. The Hall–Kier alpha value is -3.04. The molecule has 0 aromatic heterocycles. The van der Waals surface area contributed by atoms with Crippen LogP contribution in [0.25, 0.3) is 0 Å². The molecule has 3 aromatic carbocycles. The van der Waals surface area contributed by atoms with Gasteiger partial charge < -0.3 is 14.8 Å². The molecule has 1 N–H and O–H groups in total. The van der Waals surface area contributed by atoms with Crippen LogP contribution in [0.5, 0.6) is 11.5 Å². The summed E-state index contributed by atoms with van der Waals surface area (Å²) >= 11 is 3.32. The van der Waals surface area contributed by atoms with E-state index in [9.17, 15) is 13.2 Å². The summed E-state index contributed by atoms with van der Waals surface area (Å²) in [5.41, 5.74) is 1.23. The molecule has 0 saturated heterocycles. The molecule has 0 aliphatic heterocycles. The Kier molecular flexibility index (Phi) is 8.57. The molecule has 0 spiro atoms. The van der Waals surface area contributed by atoms with Crippen molar-refractivity contribution < 1.29 is 22.7 Å². The summed E-state index contributed by atoms with van der Waals surface area (Å²) in [7, 11) is -2.42. The molecule has 1 unspecified atom stereocenters. The lowest BCUT2D eigenvalue weighted by atomic mass is 10.1. The number of carbonyl (C=O) groups is 1. The number of halogens is 1. The highest BCUT2D eigenvalue weighted by Gasteiger charge is 2.28. The average Bonchev–Trinajstić information content (AvgIpc) is 2.83. The number of hydrogen-bond acceptors (Lipinski definition) is 5. The molecule has 3 rings (SSSR count). The summed E-state index contributed by atoms with van der Waals surface area (Å²) < 4.78 is 39.5. The van der Waals surface area contributed by atoms with E-state index >= 15 is 0 Å². The number of carbonyl (C=O) groups excluding carboxylic acids is 1. The number of nitrogens with zero attached hydrogens (tertiary/aromatic N) is 1. The zero-order chi connectivity index (χ0) is 24.7. The van der Waals surface area contributed by atoms with Crippen molar-refractivity contribution in [2.24, 2.45) is 0 Å². The number of benzene rings is 3. The lowest BCUT2D eigenvalue weighted by molar-refractivity contribution is -0.120. The van der Waals surface area contributed by atoms with Crippen LogP contribution in [-0.4, -0.2) is 34.6 Å². The lowest BCUT2D eigenvalue weighted by Gasteiger charge is -2.25. The number of rotatable bonds is 10. The quantitative estimate of drug-likeness (QED) is 0.389. The predicted octanol–water partition coefficient (Wildman–Crippen LogP) is 4.93. The van der Waals surface area contributed by atoms with Crippen LogP contribution < -0.4 is 19.1 Å². The van der Waals surface area contributed by atoms with Crippen molar-refractivity contribution in [3.05, 3.63) is 82.8 Å². The monoisotopic (exact) mass is 546 g/mol. The van der Waals surface area contributed by atoms with Crippen LogP contribution in [0.3, 0.4) is 0 Å². The van der Waals surface area contributed by atoms with E-state index in [2.05, 4.69) is 21.2 Å². The van der Waals surface area contributed by atoms with E-state index in [1.165, 1.54) is 12.1 Å². The fourth-order valence-electron chi connectivity index (χ4n) is 3.32. The van der Waals surface area contributed by atoms with Gasteiger partial charge in [-0.2, -0.15) is 0 Å². The van der Waals surface area contributed by atoms with Crippen molar-refractivity contribution in [2.45, 2.75) is 24.8 Å². The first kappa shape index (κ1) is 25.6. The molecule has 0 aliphatic carbocycles. The molecule has 1 amide bonds. The topological polar surface area (TPSA) is 84.9 Å². The first-order valence-electron chi connectivity index (χ1n) is 10.7. The number of amides is 1. The van der Waals surface area contributed by atoms with Gasteiger partial charge in [-0.1, -0.05) is 28.1 Å². The summed E-state index contributed by atoms with van der Waals surface area (Å²) in [5, 5.41) is 2.88. The number of nitrogens with one attached hydrogen (secondary N) is 1. The van der Waals surface area contributed by atoms with Gasteiger partial charge in [-0.25, -0.2) is 8.42 Å². The van der Waals surface area contributed by atoms with E-state index < -0.39 is 15.9 Å². The van der Waals surface area contributed by atoms with Crippen LogP contribution in [-0.2, 0) is 14.8 Å². The number of sulfonamides is 1. The molecule has 0 heterocycles. The molecule has 0 radical (unpaired) electrons. The van der Waals surface area contributed by atoms with Crippen LogP contribution in [0.4, 0.5) is 5.69 Å². The van der Waals surface area contributed by atoms with Crippen LogP contribution in [0.15, 0.2) is 82.2 Å². The number of methoxy groups -OCH3 is 1. The maximum Gasteiger partial charge on any atom is 0.264 e. The van der Waals surface area contributed by atoms with Crippen molar-refractivity contribution in [1.82, 2.24) is 5.32 Å². The zero-order valence-corrected chi connectivity index (χ0v) is 21.6. The third-order valence-electron chi connectivity index (χ3n) is 5.12. The molecular weight excluding hydrogens is 520 g/mol. The maximum absolute atomic E-state index is 13.5. The number of hydrogen-bond donors (Lipinski definition) is 1. The fourth-order valence-corrected chi connectivity index (χ4v) is 5.00. The molecular formula is C25H27BrN2O5S. The summed E-state index contributed by atoms with van der Waals surface area (Å²) in [4.78, 5) is 13.0. The van der Waals surface area contributed by atoms with Gasteiger partial charge in [-0.15, -0.1) is 0 Å². The molecule has 7 nitrogen and oxygen atoms in total. The van der Waals surface area contributed by atoms with Gasteiger partial charge in [-0.3, -0.25) is 9.10 Å². The average molecular weight is 547 g/mol. The van der Waals surface area contributed by atoms with E-state index in [-0.39, 0.29) is 17.5 Å². The van der Waals surface area contributed by atoms with Crippen LogP contribution in [0.2, 0.25) is 0 Å².